The maximum absolute atomic E-state index is 13.0. The number of sulfone groups is 1. The second-order valence-corrected chi connectivity index (χ2v) is 10.5. The number of aryl methyl sites for hydroxylation is 1. The first kappa shape index (κ1) is 23.6. The molecule has 0 aliphatic carbocycles. The van der Waals surface area contributed by atoms with E-state index in [2.05, 4.69) is 4.90 Å². The molecule has 3 rings (SSSR count). The first-order valence-electron chi connectivity index (χ1n) is 10.3. The Balaban J connectivity index is 1.63. The summed E-state index contributed by atoms with van der Waals surface area (Å²) in [6, 6.07) is 10.7. The van der Waals surface area contributed by atoms with Crippen molar-refractivity contribution in [3.05, 3.63) is 59.2 Å². The Hall–Kier alpha value is -2.06. The van der Waals surface area contributed by atoms with Gasteiger partial charge in [0.1, 0.15) is 5.75 Å². The van der Waals surface area contributed by atoms with Gasteiger partial charge in [-0.05, 0) is 75.0 Å². The minimum Gasteiger partial charge on any atom is -0.491 e. The average molecular weight is 456 g/mol. The van der Waals surface area contributed by atoms with E-state index in [1.165, 1.54) is 13.0 Å². The van der Waals surface area contributed by atoms with Crippen molar-refractivity contribution in [3.63, 3.8) is 0 Å². The molecule has 1 saturated heterocycles. The molecule has 1 atom stereocenters. The number of ether oxygens (including phenoxy) is 1. The van der Waals surface area contributed by atoms with Gasteiger partial charge in [0.25, 0.3) is 0 Å². The molecule has 8 heteroatoms. The smallest absolute Gasteiger partial charge is 0.416 e. The highest BCUT2D eigenvalue weighted by Gasteiger charge is 2.34. The normalized spacial score (nSPS) is 18.0. The van der Waals surface area contributed by atoms with Gasteiger partial charge in [0.05, 0.1) is 22.3 Å². The standard InChI is InChI=1S/C23H28F3NO3S/c1-16(2)30-21-8-5-18(6-9-21)13-27-11-10-19(14-27)15-31(28,29)22-12-20(23(24,25)26)7-4-17(22)3/h4-9,12,16,19H,10-11,13-15H2,1-3H3/t19-/m1/s1. The summed E-state index contributed by atoms with van der Waals surface area (Å²) in [6.45, 7) is 7.51. The van der Waals surface area contributed by atoms with Crippen LogP contribution in [0.3, 0.4) is 0 Å². The lowest BCUT2D eigenvalue weighted by Gasteiger charge is -2.17. The maximum atomic E-state index is 13.0. The summed E-state index contributed by atoms with van der Waals surface area (Å²) in [5, 5.41) is 0. The van der Waals surface area contributed by atoms with Gasteiger partial charge in [-0.2, -0.15) is 13.2 Å². The molecular weight excluding hydrogens is 427 g/mol. The molecule has 4 nitrogen and oxygen atoms in total. The van der Waals surface area contributed by atoms with Gasteiger partial charge in [-0.1, -0.05) is 18.2 Å². The summed E-state index contributed by atoms with van der Waals surface area (Å²) in [7, 11) is -3.81. The molecule has 1 heterocycles. The third-order valence-corrected chi connectivity index (χ3v) is 7.40. The molecule has 1 aliphatic rings. The van der Waals surface area contributed by atoms with E-state index in [-0.39, 0.29) is 22.7 Å². The predicted molar refractivity (Wildman–Crippen MR) is 114 cm³/mol. The minimum atomic E-state index is -4.57. The SMILES string of the molecule is Cc1ccc(C(F)(F)F)cc1S(=O)(=O)C[C@@H]1CCN(Cc2ccc(OC(C)C)cc2)C1. The van der Waals surface area contributed by atoms with Gasteiger partial charge in [-0.3, -0.25) is 4.90 Å². The van der Waals surface area contributed by atoms with Crippen LogP contribution >= 0.6 is 0 Å². The molecule has 2 aromatic carbocycles. The topological polar surface area (TPSA) is 46.6 Å². The van der Waals surface area contributed by atoms with Crippen LogP contribution in [0.5, 0.6) is 5.75 Å². The maximum Gasteiger partial charge on any atom is 0.416 e. The highest BCUT2D eigenvalue weighted by Crippen LogP contribution is 2.33. The summed E-state index contributed by atoms with van der Waals surface area (Å²) < 4.78 is 70.5. The average Bonchev–Trinajstić information content (AvgIpc) is 3.08. The molecule has 0 bridgehead atoms. The van der Waals surface area contributed by atoms with Crippen molar-refractivity contribution in [2.24, 2.45) is 5.92 Å². The van der Waals surface area contributed by atoms with E-state index in [9.17, 15) is 21.6 Å². The lowest BCUT2D eigenvalue weighted by molar-refractivity contribution is -0.137. The van der Waals surface area contributed by atoms with Crippen molar-refractivity contribution in [1.29, 1.82) is 0 Å². The van der Waals surface area contributed by atoms with Crippen LogP contribution in [0.1, 0.15) is 37.0 Å². The highest BCUT2D eigenvalue weighted by molar-refractivity contribution is 7.91. The van der Waals surface area contributed by atoms with Crippen LogP contribution in [-0.4, -0.2) is 38.3 Å². The molecule has 0 saturated carbocycles. The van der Waals surface area contributed by atoms with Gasteiger partial charge in [-0.15, -0.1) is 0 Å². The fourth-order valence-electron chi connectivity index (χ4n) is 3.91. The summed E-state index contributed by atoms with van der Waals surface area (Å²) in [5.41, 5.74) is 0.509. The number of benzene rings is 2. The molecule has 31 heavy (non-hydrogen) atoms. The lowest BCUT2D eigenvalue weighted by atomic mass is 10.1. The number of alkyl halides is 3. The van der Waals surface area contributed by atoms with Gasteiger partial charge in [-0.25, -0.2) is 8.42 Å². The van der Waals surface area contributed by atoms with Gasteiger partial charge in [0.2, 0.25) is 0 Å². The van der Waals surface area contributed by atoms with E-state index < -0.39 is 21.6 Å². The van der Waals surface area contributed by atoms with Crippen LogP contribution in [-0.2, 0) is 22.6 Å². The molecule has 0 aromatic heterocycles. The number of hydrogen-bond acceptors (Lipinski definition) is 4. The molecule has 0 spiro atoms. The molecule has 0 radical (unpaired) electrons. The number of rotatable bonds is 7. The Labute approximate surface area is 181 Å². The van der Waals surface area contributed by atoms with Crippen LogP contribution < -0.4 is 4.74 Å². The van der Waals surface area contributed by atoms with Gasteiger partial charge < -0.3 is 4.74 Å². The van der Waals surface area contributed by atoms with Crippen LogP contribution in [0.2, 0.25) is 0 Å². The monoisotopic (exact) mass is 455 g/mol. The first-order chi connectivity index (χ1) is 14.4. The fraction of sp³-hybridized carbons (Fsp3) is 0.478. The quantitative estimate of drug-likeness (QED) is 0.583. The lowest BCUT2D eigenvalue weighted by Crippen LogP contribution is -2.23. The van der Waals surface area contributed by atoms with E-state index >= 15 is 0 Å². The van der Waals surface area contributed by atoms with Crippen molar-refractivity contribution in [3.8, 4) is 5.75 Å². The first-order valence-corrected chi connectivity index (χ1v) is 12.0. The molecule has 170 valence electrons. The zero-order valence-electron chi connectivity index (χ0n) is 17.9. The van der Waals surface area contributed by atoms with Crippen LogP contribution in [0.4, 0.5) is 13.2 Å². The van der Waals surface area contributed by atoms with E-state index in [4.69, 9.17) is 4.74 Å². The summed E-state index contributed by atoms with van der Waals surface area (Å²) in [4.78, 5) is 1.96. The van der Waals surface area contributed by atoms with Gasteiger partial charge in [0, 0.05) is 13.1 Å². The Morgan fingerprint density at radius 1 is 1.13 bits per heavy atom. The summed E-state index contributed by atoms with van der Waals surface area (Å²) in [6.07, 6.45) is -3.77. The Bertz CT molecular complexity index is 1000. The van der Waals surface area contributed by atoms with E-state index in [0.29, 0.717) is 25.1 Å². The van der Waals surface area contributed by atoms with Crippen molar-refractivity contribution in [1.82, 2.24) is 4.90 Å². The third kappa shape index (κ3) is 6.23. The molecule has 0 N–H and O–H groups in total. The van der Waals surface area contributed by atoms with Crippen molar-refractivity contribution in [2.75, 3.05) is 18.8 Å². The highest BCUT2D eigenvalue weighted by atomic mass is 32.2. The number of likely N-dealkylation sites (tertiary alicyclic amines) is 1. The molecule has 2 aromatic rings. The Kier molecular flexibility index (Phi) is 7.01. The van der Waals surface area contributed by atoms with Crippen molar-refractivity contribution in [2.45, 2.75) is 50.9 Å². The van der Waals surface area contributed by atoms with Gasteiger partial charge >= 0.3 is 6.18 Å². The van der Waals surface area contributed by atoms with E-state index in [0.717, 1.165) is 30.0 Å². The third-order valence-electron chi connectivity index (χ3n) is 5.38. The largest absolute Gasteiger partial charge is 0.491 e. The van der Waals surface area contributed by atoms with Crippen LogP contribution in [0.15, 0.2) is 47.4 Å². The van der Waals surface area contributed by atoms with Crippen molar-refractivity contribution >= 4 is 9.84 Å². The minimum absolute atomic E-state index is 0.104. The Morgan fingerprint density at radius 3 is 2.42 bits per heavy atom. The van der Waals surface area contributed by atoms with E-state index in [1.807, 2.05) is 38.1 Å². The summed E-state index contributed by atoms with van der Waals surface area (Å²) in [5.74, 6) is 0.551. The van der Waals surface area contributed by atoms with Crippen LogP contribution in [0.25, 0.3) is 0 Å². The molecule has 0 amide bonds. The zero-order chi connectivity index (χ0) is 22.8. The molecule has 1 aliphatic heterocycles. The fourth-order valence-corrected chi connectivity index (χ4v) is 5.85. The van der Waals surface area contributed by atoms with Crippen LogP contribution in [0, 0.1) is 12.8 Å². The molecule has 0 unspecified atom stereocenters. The van der Waals surface area contributed by atoms with E-state index in [1.54, 1.807) is 0 Å². The number of nitrogens with zero attached hydrogens (tertiary/aromatic N) is 1. The second kappa shape index (κ2) is 9.20. The number of halogens is 3. The Morgan fingerprint density at radius 2 is 1.81 bits per heavy atom. The van der Waals surface area contributed by atoms with Crippen molar-refractivity contribution < 1.29 is 26.3 Å². The van der Waals surface area contributed by atoms with Gasteiger partial charge in [0.15, 0.2) is 9.84 Å². The number of hydrogen-bond donors (Lipinski definition) is 0. The molecule has 1 fully saturated rings. The molecular formula is C23H28F3NO3S. The second-order valence-electron chi connectivity index (χ2n) is 8.46. The summed E-state index contributed by atoms with van der Waals surface area (Å²) >= 11 is 0. The zero-order valence-corrected chi connectivity index (χ0v) is 18.8. The predicted octanol–water partition coefficient (Wildman–Crippen LogP) is 5.10.